The normalized spacial score (nSPS) is 9.18. The first-order valence-corrected chi connectivity index (χ1v) is 3.57. The SMILES string of the molecule is NC(=O)Oc1cccc(Br)n1. The van der Waals surface area contributed by atoms with Crippen LogP contribution in [0.4, 0.5) is 4.79 Å². The highest BCUT2D eigenvalue weighted by atomic mass is 79.9. The number of rotatable bonds is 1. The van der Waals surface area contributed by atoms with Gasteiger partial charge in [-0.25, -0.2) is 9.78 Å². The highest BCUT2D eigenvalue weighted by Crippen LogP contribution is 2.11. The molecule has 0 aromatic carbocycles. The number of hydrogen-bond acceptors (Lipinski definition) is 3. The molecule has 0 radical (unpaired) electrons. The Labute approximate surface area is 71.5 Å². The summed E-state index contributed by atoms with van der Waals surface area (Å²) in [5.74, 6) is 0.187. The smallest absolute Gasteiger partial charge is 0.391 e. The summed E-state index contributed by atoms with van der Waals surface area (Å²) in [6.07, 6.45) is -0.865. The first kappa shape index (κ1) is 8.00. The number of hydrogen-bond donors (Lipinski definition) is 1. The first-order valence-electron chi connectivity index (χ1n) is 2.78. The second-order valence-corrected chi connectivity index (χ2v) is 2.53. The summed E-state index contributed by atoms with van der Waals surface area (Å²) in [6.45, 7) is 0. The Balaban J connectivity index is 2.79. The van der Waals surface area contributed by atoms with Crippen LogP contribution < -0.4 is 10.5 Å². The molecule has 0 spiro atoms. The Morgan fingerprint density at radius 1 is 1.64 bits per heavy atom. The number of aromatic nitrogens is 1. The van der Waals surface area contributed by atoms with Crippen molar-refractivity contribution in [2.75, 3.05) is 0 Å². The number of carbonyl (C=O) groups is 1. The highest BCUT2D eigenvalue weighted by Gasteiger charge is 1.98. The number of amides is 1. The summed E-state index contributed by atoms with van der Waals surface area (Å²) >= 11 is 3.11. The molecule has 58 valence electrons. The average Bonchev–Trinajstić information content (AvgIpc) is 1.85. The molecular weight excluding hydrogens is 212 g/mol. The molecule has 4 nitrogen and oxygen atoms in total. The third-order valence-corrected chi connectivity index (χ3v) is 1.34. The van der Waals surface area contributed by atoms with Gasteiger partial charge in [0.05, 0.1) is 0 Å². The quantitative estimate of drug-likeness (QED) is 0.721. The van der Waals surface area contributed by atoms with Gasteiger partial charge in [-0.05, 0) is 22.0 Å². The van der Waals surface area contributed by atoms with E-state index in [1.165, 1.54) is 6.07 Å². The van der Waals surface area contributed by atoms with Crippen molar-refractivity contribution < 1.29 is 9.53 Å². The maximum atomic E-state index is 10.2. The third kappa shape index (κ3) is 2.55. The minimum Gasteiger partial charge on any atom is -0.391 e. The molecule has 0 saturated heterocycles. The lowest BCUT2D eigenvalue weighted by Gasteiger charge is -1.97. The summed E-state index contributed by atoms with van der Waals surface area (Å²) in [6, 6.07) is 4.94. The van der Waals surface area contributed by atoms with Gasteiger partial charge in [-0.2, -0.15) is 0 Å². The van der Waals surface area contributed by atoms with Crippen LogP contribution in [0.3, 0.4) is 0 Å². The van der Waals surface area contributed by atoms with E-state index in [-0.39, 0.29) is 5.88 Å². The third-order valence-electron chi connectivity index (χ3n) is 0.895. The molecule has 0 saturated carbocycles. The average molecular weight is 217 g/mol. The number of carbonyl (C=O) groups excluding carboxylic acids is 1. The van der Waals surface area contributed by atoms with Gasteiger partial charge < -0.3 is 10.5 Å². The summed E-state index contributed by atoms with van der Waals surface area (Å²) in [5.41, 5.74) is 4.76. The molecule has 1 heterocycles. The van der Waals surface area contributed by atoms with Gasteiger partial charge in [0.2, 0.25) is 5.88 Å². The summed E-state index contributed by atoms with van der Waals surface area (Å²) in [7, 11) is 0. The van der Waals surface area contributed by atoms with E-state index in [9.17, 15) is 4.79 Å². The van der Waals surface area contributed by atoms with Gasteiger partial charge in [0.1, 0.15) is 4.60 Å². The van der Waals surface area contributed by atoms with Crippen LogP contribution in [-0.4, -0.2) is 11.1 Å². The standard InChI is InChI=1S/C6H5BrN2O2/c7-4-2-1-3-5(9-4)11-6(8)10/h1-3H,(H2,8,10). The van der Waals surface area contributed by atoms with Crippen LogP contribution in [0, 0.1) is 0 Å². The second kappa shape index (κ2) is 3.34. The zero-order chi connectivity index (χ0) is 8.27. The first-order chi connectivity index (χ1) is 5.18. The molecule has 1 amide bonds. The van der Waals surface area contributed by atoms with E-state index >= 15 is 0 Å². The predicted molar refractivity (Wildman–Crippen MR) is 42.1 cm³/mol. The molecule has 1 rings (SSSR count). The van der Waals surface area contributed by atoms with Gasteiger partial charge in [0, 0.05) is 6.07 Å². The largest absolute Gasteiger partial charge is 0.411 e. The van der Waals surface area contributed by atoms with E-state index < -0.39 is 6.09 Å². The number of pyridine rings is 1. The van der Waals surface area contributed by atoms with Gasteiger partial charge in [-0.1, -0.05) is 6.07 Å². The van der Waals surface area contributed by atoms with Gasteiger partial charge in [-0.3, -0.25) is 0 Å². The van der Waals surface area contributed by atoms with Crippen molar-refractivity contribution in [3.05, 3.63) is 22.8 Å². The number of nitrogens with two attached hydrogens (primary N) is 1. The van der Waals surface area contributed by atoms with Crippen LogP contribution in [0.1, 0.15) is 0 Å². The Morgan fingerprint density at radius 2 is 2.36 bits per heavy atom. The predicted octanol–water partition coefficient (Wildman–Crippen LogP) is 1.30. The van der Waals surface area contributed by atoms with Gasteiger partial charge in [-0.15, -0.1) is 0 Å². The zero-order valence-electron chi connectivity index (χ0n) is 5.45. The minimum atomic E-state index is -0.865. The highest BCUT2D eigenvalue weighted by molar-refractivity contribution is 9.10. The zero-order valence-corrected chi connectivity index (χ0v) is 7.04. The van der Waals surface area contributed by atoms with Crippen molar-refractivity contribution in [2.24, 2.45) is 5.73 Å². The van der Waals surface area contributed by atoms with Gasteiger partial charge in [0.25, 0.3) is 0 Å². The molecule has 0 aliphatic heterocycles. The van der Waals surface area contributed by atoms with E-state index in [2.05, 4.69) is 25.7 Å². The van der Waals surface area contributed by atoms with Crippen LogP contribution in [0.2, 0.25) is 0 Å². The molecule has 0 aliphatic carbocycles. The maximum Gasteiger partial charge on any atom is 0.411 e. The van der Waals surface area contributed by atoms with Gasteiger partial charge >= 0.3 is 6.09 Å². The van der Waals surface area contributed by atoms with Crippen LogP contribution in [0.5, 0.6) is 5.88 Å². The van der Waals surface area contributed by atoms with Crippen LogP contribution in [-0.2, 0) is 0 Å². The number of ether oxygens (including phenoxy) is 1. The van der Waals surface area contributed by atoms with Crippen molar-refractivity contribution in [1.29, 1.82) is 0 Å². The van der Waals surface area contributed by atoms with E-state index in [1.807, 2.05) is 0 Å². The fraction of sp³-hybridized carbons (Fsp3) is 0. The molecule has 0 bridgehead atoms. The van der Waals surface area contributed by atoms with E-state index in [0.29, 0.717) is 4.60 Å². The summed E-state index contributed by atoms with van der Waals surface area (Å²) < 4.78 is 5.09. The molecule has 5 heteroatoms. The molecule has 11 heavy (non-hydrogen) atoms. The maximum absolute atomic E-state index is 10.2. The van der Waals surface area contributed by atoms with E-state index in [4.69, 9.17) is 5.73 Å². The lowest BCUT2D eigenvalue weighted by atomic mass is 10.5. The molecule has 0 fully saturated rings. The Kier molecular flexibility index (Phi) is 2.43. The number of halogens is 1. The van der Waals surface area contributed by atoms with Crippen molar-refractivity contribution in [3.8, 4) is 5.88 Å². The fourth-order valence-corrected chi connectivity index (χ4v) is 0.877. The molecular formula is C6H5BrN2O2. The van der Waals surface area contributed by atoms with Crippen molar-refractivity contribution in [3.63, 3.8) is 0 Å². The lowest BCUT2D eigenvalue weighted by molar-refractivity contribution is 0.209. The van der Waals surface area contributed by atoms with Crippen molar-refractivity contribution >= 4 is 22.0 Å². The number of primary amides is 1. The Hall–Kier alpha value is -1.10. The molecule has 0 atom stereocenters. The summed E-state index contributed by atoms with van der Waals surface area (Å²) in [4.78, 5) is 14.0. The second-order valence-electron chi connectivity index (χ2n) is 1.72. The Bertz CT molecular complexity index is 277. The van der Waals surface area contributed by atoms with Crippen molar-refractivity contribution in [1.82, 2.24) is 4.98 Å². The molecule has 0 unspecified atom stereocenters. The molecule has 1 aromatic heterocycles. The fourth-order valence-electron chi connectivity index (χ4n) is 0.550. The summed E-state index contributed by atoms with van der Waals surface area (Å²) in [5, 5.41) is 0. The number of nitrogens with zero attached hydrogens (tertiary/aromatic N) is 1. The topological polar surface area (TPSA) is 65.2 Å². The van der Waals surface area contributed by atoms with E-state index in [1.54, 1.807) is 12.1 Å². The molecule has 0 aliphatic rings. The minimum absolute atomic E-state index is 0.187. The lowest BCUT2D eigenvalue weighted by Crippen LogP contribution is -2.16. The van der Waals surface area contributed by atoms with Crippen LogP contribution >= 0.6 is 15.9 Å². The van der Waals surface area contributed by atoms with Crippen LogP contribution in [0.15, 0.2) is 22.8 Å². The molecule has 2 N–H and O–H groups in total. The van der Waals surface area contributed by atoms with Crippen LogP contribution in [0.25, 0.3) is 0 Å². The van der Waals surface area contributed by atoms with Crippen molar-refractivity contribution in [2.45, 2.75) is 0 Å². The van der Waals surface area contributed by atoms with Gasteiger partial charge in [0.15, 0.2) is 0 Å². The molecule has 1 aromatic rings. The monoisotopic (exact) mass is 216 g/mol. The Morgan fingerprint density at radius 3 is 2.91 bits per heavy atom. The van der Waals surface area contributed by atoms with E-state index in [0.717, 1.165) is 0 Å².